The van der Waals surface area contributed by atoms with Gasteiger partial charge in [0.25, 0.3) is 0 Å². The number of fused-ring (bicyclic) bond motifs is 1. The van der Waals surface area contributed by atoms with Gasteiger partial charge in [-0.3, -0.25) is 14.6 Å². The minimum atomic E-state index is -0.941. The topological polar surface area (TPSA) is 72.2 Å². The molecule has 5 heteroatoms. The van der Waals surface area contributed by atoms with Gasteiger partial charge in [0.15, 0.2) is 5.78 Å². The summed E-state index contributed by atoms with van der Waals surface area (Å²) in [6.07, 6.45) is 4.71. The Bertz CT molecular complexity index is 572. The van der Waals surface area contributed by atoms with Gasteiger partial charge in [0.2, 0.25) is 0 Å². The third kappa shape index (κ3) is 1.67. The Morgan fingerprint density at radius 3 is 2.88 bits per heavy atom. The van der Waals surface area contributed by atoms with Crippen LogP contribution in [0.15, 0.2) is 24.7 Å². The Labute approximate surface area is 91.3 Å². The lowest BCUT2D eigenvalue weighted by Crippen LogP contribution is -2.07. The number of pyridine rings is 1. The molecule has 5 nitrogen and oxygen atoms in total. The number of aliphatic carboxylic acids is 1. The van der Waals surface area contributed by atoms with Gasteiger partial charge >= 0.3 is 5.97 Å². The quantitative estimate of drug-likeness (QED) is 0.788. The smallest absolute Gasteiger partial charge is 0.323 e. The van der Waals surface area contributed by atoms with Gasteiger partial charge in [0.1, 0.15) is 6.54 Å². The summed E-state index contributed by atoms with van der Waals surface area (Å²) in [5.41, 5.74) is 1.21. The Balaban J connectivity index is 2.66. The first-order valence-corrected chi connectivity index (χ1v) is 4.75. The molecule has 0 radical (unpaired) electrons. The second-order valence-corrected chi connectivity index (χ2v) is 3.51. The maximum atomic E-state index is 11.4. The molecule has 1 N–H and O–H groups in total. The SMILES string of the molecule is CC(=O)c1cn(CC(=O)O)c2ccncc12. The summed E-state index contributed by atoms with van der Waals surface area (Å²) >= 11 is 0. The molecule has 0 aliphatic heterocycles. The van der Waals surface area contributed by atoms with E-state index in [1.165, 1.54) is 11.5 Å². The van der Waals surface area contributed by atoms with E-state index in [1.54, 1.807) is 24.7 Å². The van der Waals surface area contributed by atoms with Crippen molar-refractivity contribution in [1.29, 1.82) is 0 Å². The third-order valence-electron chi connectivity index (χ3n) is 2.37. The number of rotatable bonds is 3. The largest absolute Gasteiger partial charge is 0.480 e. The zero-order valence-electron chi connectivity index (χ0n) is 8.67. The number of hydrogen-bond donors (Lipinski definition) is 1. The maximum absolute atomic E-state index is 11.4. The molecule has 2 aromatic heterocycles. The van der Waals surface area contributed by atoms with E-state index < -0.39 is 5.97 Å². The molecule has 0 saturated carbocycles. The van der Waals surface area contributed by atoms with Crippen LogP contribution < -0.4 is 0 Å². The number of carbonyl (C=O) groups is 2. The number of carbonyl (C=O) groups excluding carboxylic acids is 1. The molecule has 0 fully saturated rings. The van der Waals surface area contributed by atoms with Crippen molar-refractivity contribution < 1.29 is 14.7 Å². The first kappa shape index (κ1) is 10.4. The molecule has 2 rings (SSSR count). The van der Waals surface area contributed by atoms with Gasteiger partial charge in [0.05, 0.1) is 5.52 Å². The van der Waals surface area contributed by atoms with Gasteiger partial charge in [-0.25, -0.2) is 0 Å². The second-order valence-electron chi connectivity index (χ2n) is 3.51. The van der Waals surface area contributed by atoms with E-state index in [9.17, 15) is 9.59 Å². The molecule has 2 aromatic rings. The first-order valence-electron chi connectivity index (χ1n) is 4.75. The second kappa shape index (κ2) is 3.77. The number of aromatic nitrogens is 2. The minimum Gasteiger partial charge on any atom is -0.480 e. The number of ketones is 1. The summed E-state index contributed by atoms with van der Waals surface area (Å²) < 4.78 is 1.54. The Hall–Kier alpha value is -2.17. The van der Waals surface area contributed by atoms with Crippen LogP contribution in [0, 0.1) is 0 Å². The number of carboxylic acid groups (broad SMARTS) is 1. The molecular weight excluding hydrogens is 208 g/mol. The fraction of sp³-hybridized carbons (Fsp3) is 0.182. The Morgan fingerprint density at radius 2 is 2.25 bits per heavy atom. The van der Waals surface area contributed by atoms with Crippen LogP contribution in [-0.2, 0) is 11.3 Å². The van der Waals surface area contributed by atoms with E-state index in [0.717, 1.165) is 0 Å². The minimum absolute atomic E-state index is 0.0952. The number of hydrogen-bond acceptors (Lipinski definition) is 3. The summed E-state index contributed by atoms with van der Waals surface area (Å²) in [5.74, 6) is -1.04. The molecule has 0 aliphatic carbocycles. The van der Waals surface area contributed by atoms with Gasteiger partial charge < -0.3 is 9.67 Å². The van der Waals surface area contributed by atoms with Crippen molar-refractivity contribution in [3.8, 4) is 0 Å². The van der Waals surface area contributed by atoms with Crippen LogP contribution in [0.5, 0.6) is 0 Å². The average Bonchev–Trinajstić information content (AvgIpc) is 2.57. The van der Waals surface area contributed by atoms with Crippen molar-refractivity contribution in [1.82, 2.24) is 9.55 Å². The lowest BCUT2D eigenvalue weighted by atomic mass is 10.2. The molecule has 2 heterocycles. The van der Waals surface area contributed by atoms with Crippen LogP contribution in [0.3, 0.4) is 0 Å². The standard InChI is InChI=1S/C11H10N2O3/c1-7(14)9-5-13(6-11(15)16)10-2-3-12-4-8(9)10/h2-5H,6H2,1H3,(H,15,16). The molecule has 0 amide bonds. The Kier molecular flexibility index (Phi) is 2.44. The predicted molar refractivity (Wildman–Crippen MR) is 57.4 cm³/mol. The van der Waals surface area contributed by atoms with Crippen molar-refractivity contribution in [2.75, 3.05) is 0 Å². The van der Waals surface area contributed by atoms with Crippen molar-refractivity contribution in [3.05, 3.63) is 30.2 Å². The number of carboxylic acids is 1. The van der Waals surface area contributed by atoms with E-state index in [4.69, 9.17) is 5.11 Å². The summed E-state index contributed by atoms with van der Waals surface area (Å²) in [6, 6.07) is 1.70. The van der Waals surface area contributed by atoms with E-state index >= 15 is 0 Å². The van der Waals surface area contributed by atoms with Crippen molar-refractivity contribution >= 4 is 22.7 Å². The Morgan fingerprint density at radius 1 is 1.50 bits per heavy atom. The number of Topliss-reactive ketones (excluding diaryl/α,β-unsaturated/α-hetero) is 1. The molecular formula is C11H10N2O3. The maximum Gasteiger partial charge on any atom is 0.323 e. The molecule has 0 spiro atoms. The van der Waals surface area contributed by atoms with Gasteiger partial charge in [-0.15, -0.1) is 0 Å². The highest BCUT2D eigenvalue weighted by Crippen LogP contribution is 2.20. The summed E-state index contributed by atoms with van der Waals surface area (Å²) in [6.45, 7) is 1.29. The molecule has 16 heavy (non-hydrogen) atoms. The molecule has 0 aliphatic rings. The van der Waals surface area contributed by atoms with E-state index in [2.05, 4.69) is 4.98 Å². The zero-order valence-corrected chi connectivity index (χ0v) is 8.67. The predicted octanol–water partition coefficient (Wildman–Crippen LogP) is 1.32. The summed E-state index contributed by atoms with van der Waals surface area (Å²) in [4.78, 5) is 26.0. The fourth-order valence-corrected chi connectivity index (χ4v) is 1.70. The molecule has 0 aromatic carbocycles. The highest BCUT2D eigenvalue weighted by atomic mass is 16.4. The van der Waals surface area contributed by atoms with Gasteiger partial charge in [0, 0.05) is 29.5 Å². The lowest BCUT2D eigenvalue weighted by Gasteiger charge is -1.99. The van der Waals surface area contributed by atoms with E-state index in [1.807, 2.05) is 0 Å². The number of nitrogens with zero attached hydrogens (tertiary/aromatic N) is 2. The molecule has 0 bridgehead atoms. The van der Waals surface area contributed by atoms with Gasteiger partial charge in [-0.1, -0.05) is 0 Å². The van der Waals surface area contributed by atoms with Crippen molar-refractivity contribution in [2.45, 2.75) is 13.5 Å². The zero-order chi connectivity index (χ0) is 11.7. The van der Waals surface area contributed by atoms with Crippen LogP contribution in [0.25, 0.3) is 10.9 Å². The van der Waals surface area contributed by atoms with Crippen LogP contribution in [0.4, 0.5) is 0 Å². The normalized spacial score (nSPS) is 10.6. The van der Waals surface area contributed by atoms with Crippen LogP contribution in [0.1, 0.15) is 17.3 Å². The molecule has 0 atom stereocenters. The molecule has 0 saturated heterocycles. The highest BCUT2D eigenvalue weighted by molar-refractivity contribution is 6.06. The third-order valence-corrected chi connectivity index (χ3v) is 2.37. The van der Waals surface area contributed by atoms with Gasteiger partial charge in [-0.2, -0.15) is 0 Å². The monoisotopic (exact) mass is 218 g/mol. The van der Waals surface area contributed by atoms with Crippen LogP contribution in [0.2, 0.25) is 0 Å². The van der Waals surface area contributed by atoms with Crippen molar-refractivity contribution in [2.24, 2.45) is 0 Å². The summed E-state index contributed by atoms with van der Waals surface area (Å²) in [7, 11) is 0. The average molecular weight is 218 g/mol. The highest BCUT2D eigenvalue weighted by Gasteiger charge is 2.13. The first-order chi connectivity index (χ1) is 7.59. The van der Waals surface area contributed by atoms with Crippen LogP contribution in [-0.4, -0.2) is 26.4 Å². The van der Waals surface area contributed by atoms with E-state index in [-0.39, 0.29) is 12.3 Å². The van der Waals surface area contributed by atoms with E-state index in [0.29, 0.717) is 16.5 Å². The van der Waals surface area contributed by atoms with Crippen LogP contribution >= 0.6 is 0 Å². The van der Waals surface area contributed by atoms with Crippen molar-refractivity contribution in [3.63, 3.8) is 0 Å². The lowest BCUT2D eigenvalue weighted by molar-refractivity contribution is -0.137. The summed E-state index contributed by atoms with van der Waals surface area (Å²) in [5, 5.41) is 9.44. The molecule has 82 valence electrons. The molecule has 0 unspecified atom stereocenters. The fourth-order valence-electron chi connectivity index (χ4n) is 1.70. The van der Waals surface area contributed by atoms with Gasteiger partial charge in [-0.05, 0) is 13.0 Å².